The van der Waals surface area contributed by atoms with Gasteiger partial charge in [0.05, 0.1) is 21.8 Å². The highest BCUT2D eigenvalue weighted by Crippen LogP contribution is 2.35. The molecule has 6 nitrogen and oxygen atoms in total. The van der Waals surface area contributed by atoms with Crippen molar-refractivity contribution in [3.8, 4) is 5.75 Å². The van der Waals surface area contributed by atoms with Gasteiger partial charge in [0.25, 0.3) is 5.91 Å². The predicted molar refractivity (Wildman–Crippen MR) is 86.4 cm³/mol. The molecule has 0 unspecified atom stereocenters. The van der Waals surface area contributed by atoms with Gasteiger partial charge in [-0.1, -0.05) is 23.2 Å². The minimum atomic E-state index is -1.07. The summed E-state index contributed by atoms with van der Waals surface area (Å²) in [6, 6.07) is 3.01. The lowest BCUT2D eigenvalue weighted by atomic mass is 10.2. The Hall–Kier alpha value is -1.50. The number of aliphatic carboxylic acids is 1. The molecule has 126 valence electrons. The first-order valence-corrected chi connectivity index (χ1v) is 7.88. The largest absolute Gasteiger partial charge is 0.489 e. The summed E-state index contributed by atoms with van der Waals surface area (Å²) < 4.78 is 10.7. The zero-order chi connectivity index (χ0) is 17.1. The third kappa shape index (κ3) is 4.50. The average Bonchev–Trinajstić information content (AvgIpc) is 2.93. The summed E-state index contributed by atoms with van der Waals surface area (Å²) >= 11 is 12.1. The van der Waals surface area contributed by atoms with Crippen LogP contribution in [0.15, 0.2) is 12.1 Å². The summed E-state index contributed by atoms with van der Waals surface area (Å²) in [6.45, 7) is 3.70. The molecule has 0 aromatic heterocycles. The molecule has 0 bridgehead atoms. The zero-order valence-corrected chi connectivity index (χ0v) is 14.1. The quantitative estimate of drug-likeness (QED) is 0.839. The van der Waals surface area contributed by atoms with Gasteiger partial charge in [-0.2, -0.15) is 0 Å². The van der Waals surface area contributed by atoms with Crippen molar-refractivity contribution in [3.05, 3.63) is 22.2 Å². The lowest BCUT2D eigenvalue weighted by molar-refractivity contribution is -0.150. The van der Waals surface area contributed by atoms with Crippen LogP contribution in [-0.4, -0.2) is 35.3 Å². The van der Waals surface area contributed by atoms with E-state index >= 15 is 0 Å². The summed E-state index contributed by atoms with van der Waals surface area (Å²) in [5.74, 6) is -1.12. The second kappa shape index (κ2) is 7.38. The van der Waals surface area contributed by atoms with Gasteiger partial charge in [-0.25, -0.2) is 4.79 Å². The third-order valence-corrected chi connectivity index (χ3v) is 3.84. The van der Waals surface area contributed by atoms with E-state index in [4.69, 9.17) is 37.8 Å². The van der Waals surface area contributed by atoms with Crippen molar-refractivity contribution in [2.45, 2.75) is 45.0 Å². The highest BCUT2D eigenvalue weighted by Gasteiger charge is 2.35. The van der Waals surface area contributed by atoms with Crippen molar-refractivity contribution in [3.63, 3.8) is 0 Å². The first kappa shape index (κ1) is 17.8. The second-order valence-corrected chi connectivity index (χ2v) is 6.26. The lowest BCUT2D eigenvalue weighted by Crippen LogP contribution is -2.30. The molecule has 2 N–H and O–H groups in total. The SMILES string of the molecule is CC(C)Oc1cc(NC(=O)[C@H]2CC[C@@H](C(=O)O)O2)c(Cl)cc1Cl. The maximum absolute atomic E-state index is 12.2. The van der Waals surface area contributed by atoms with Gasteiger partial charge in [-0.15, -0.1) is 0 Å². The number of carbonyl (C=O) groups excluding carboxylic acids is 1. The number of hydrogen-bond donors (Lipinski definition) is 2. The van der Waals surface area contributed by atoms with Crippen LogP contribution >= 0.6 is 23.2 Å². The topological polar surface area (TPSA) is 84.9 Å². The Labute approximate surface area is 143 Å². The standard InChI is InChI=1S/C15H17Cl2NO5/c1-7(2)22-13-6-10(8(16)5-9(13)17)18-14(19)11-3-4-12(23-11)15(20)21/h5-7,11-12H,3-4H2,1-2H3,(H,18,19)(H,20,21)/t11-,12+/m1/s1. The highest BCUT2D eigenvalue weighted by atomic mass is 35.5. The van der Waals surface area contributed by atoms with Crippen molar-refractivity contribution in [1.82, 2.24) is 0 Å². The van der Waals surface area contributed by atoms with E-state index in [1.807, 2.05) is 13.8 Å². The zero-order valence-electron chi connectivity index (χ0n) is 12.6. The molecule has 0 radical (unpaired) electrons. The Balaban J connectivity index is 2.10. The van der Waals surface area contributed by atoms with Crippen LogP contribution in [0.4, 0.5) is 5.69 Å². The van der Waals surface area contributed by atoms with Gasteiger partial charge in [-0.3, -0.25) is 4.79 Å². The number of halogens is 2. The van der Waals surface area contributed by atoms with Crippen LogP contribution < -0.4 is 10.1 Å². The molecule has 1 heterocycles. The Kier molecular flexibility index (Phi) is 5.73. The van der Waals surface area contributed by atoms with Gasteiger partial charge in [0, 0.05) is 6.07 Å². The summed E-state index contributed by atoms with van der Waals surface area (Å²) in [5.41, 5.74) is 0.332. The maximum atomic E-state index is 12.2. The molecule has 1 aromatic rings. The average molecular weight is 362 g/mol. The van der Waals surface area contributed by atoms with E-state index in [0.717, 1.165) is 0 Å². The second-order valence-electron chi connectivity index (χ2n) is 5.45. The number of benzene rings is 1. The molecule has 1 aromatic carbocycles. The van der Waals surface area contributed by atoms with Crippen molar-refractivity contribution in [2.24, 2.45) is 0 Å². The molecule has 1 fully saturated rings. The van der Waals surface area contributed by atoms with E-state index in [1.54, 1.807) is 0 Å². The van der Waals surface area contributed by atoms with Crippen LogP contribution in [0.1, 0.15) is 26.7 Å². The van der Waals surface area contributed by atoms with E-state index in [1.165, 1.54) is 12.1 Å². The fourth-order valence-corrected chi connectivity index (χ4v) is 2.67. The Morgan fingerprint density at radius 2 is 1.91 bits per heavy atom. The smallest absolute Gasteiger partial charge is 0.332 e. The van der Waals surface area contributed by atoms with Crippen LogP contribution in [0.5, 0.6) is 5.75 Å². The molecular formula is C15H17Cl2NO5. The van der Waals surface area contributed by atoms with Crippen molar-refractivity contribution >= 4 is 40.8 Å². The minimum absolute atomic E-state index is 0.0910. The van der Waals surface area contributed by atoms with Gasteiger partial charge in [0.2, 0.25) is 0 Å². The Morgan fingerprint density at radius 1 is 1.26 bits per heavy atom. The minimum Gasteiger partial charge on any atom is -0.489 e. The fourth-order valence-electron chi connectivity index (χ4n) is 2.19. The number of anilines is 1. The molecule has 0 aliphatic carbocycles. The molecule has 2 rings (SSSR count). The van der Waals surface area contributed by atoms with E-state index in [0.29, 0.717) is 29.3 Å². The monoisotopic (exact) mass is 361 g/mol. The summed E-state index contributed by atoms with van der Waals surface area (Å²) in [6.07, 6.45) is -1.23. The molecule has 1 saturated heterocycles. The molecule has 1 aliphatic rings. The van der Waals surface area contributed by atoms with E-state index in [2.05, 4.69) is 5.32 Å². The van der Waals surface area contributed by atoms with Gasteiger partial charge in [-0.05, 0) is 32.8 Å². The Morgan fingerprint density at radius 3 is 2.48 bits per heavy atom. The molecule has 0 spiro atoms. The fraction of sp³-hybridized carbons (Fsp3) is 0.467. The Bertz CT molecular complexity index is 620. The van der Waals surface area contributed by atoms with Crippen LogP contribution in [0.25, 0.3) is 0 Å². The normalized spacial score (nSPS) is 20.6. The lowest BCUT2D eigenvalue weighted by Gasteiger charge is -2.16. The molecular weight excluding hydrogens is 345 g/mol. The number of nitrogens with one attached hydrogen (secondary N) is 1. The van der Waals surface area contributed by atoms with Gasteiger partial charge < -0.3 is 19.9 Å². The molecule has 2 atom stereocenters. The van der Waals surface area contributed by atoms with Crippen molar-refractivity contribution < 1.29 is 24.2 Å². The number of ether oxygens (including phenoxy) is 2. The van der Waals surface area contributed by atoms with Crippen molar-refractivity contribution in [2.75, 3.05) is 5.32 Å². The first-order valence-electron chi connectivity index (χ1n) is 7.12. The molecule has 1 amide bonds. The number of amides is 1. The molecule has 0 saturated carbocycles. The highest BCUT2D eigenvalue weighted by molar-refractivity contribution is 6.37. The molecule has 1 aliphatic heterocycles. The summed E-state index contributed by atoms with van der Waals surface area (Å²) in [4.78, 5) is 23.0. The van der Waals surface area contributed by atoms with Gasteiger partial charge >= 0.3 is 5.97 Å². The molecule has 8 heteroatoms. The predicted octanol–water partition coefficient (Wildman–Crippen LogP) is 3.35. The van der Waals surface area contributed by atoms with E-state index < -0.39 is 24.1 Å². The van der Waals surface area contributed by atoms with Gasteiger partial charge in [0.15, 0.2) is 6.10 Å². The van der Waals surface area contributed by atoms with E-state index in [-0.39, 0.29) is 11.1 Å². The van der Waals surface area contributed by atoms with Crippen LogP contribution in [0.3, 0.4) is 0 Å². The maximum Gasteiger partial charge on any atom is 0.332 e. The number of carboxylic acid groups (broad SMARTS) is 1. The van der Waals surface area contributed by atoms with Crippen LogP contribution in [-0.2, 0) is 14.3 Å². The number of hydrogen-bond acceptors (Lipinski definition) is 4. The molecule has 23 heavy (non-hydrogen) atoms. The van der Waals surface area contributed by atoms with Crippen LogP contribution in [0, 0.1) is 0 Å². The third-order valence-electron chi connectivity index (χ3n) is 3.23. The number of carboxylic acids is 1. The van der Waals surface area contributed by atoms with E-state index in [9.17, 15) is 9.59 Å². The van der Waals surface area contributed by atoms with Gasteiger partial charge in [0.1, 0.15) is 11.9 Å². The van der Waals surface area contributed by atoms with Crippen molar-refractivity contribution in [1.29, 1.82) is 0 Å². The summed E-state index contributed by atoms with van der Waals surface area (Å²) in [5, 5.41) is 12.1. The number of rotatable bonds is 5. The number of carbonyl (C=O) groups is 2. The van der Waals surface area contributed by atoms with Crippen LogP contribution in [0.2, 0.25) is 10.0 Å². The first-order chi connectivity index (χ1) is 10.8. The summed E-state index contributed by atoms with van der Waals surface area (Å²) in [7, 11) is 0.